The van der Waals surface area contributed by atoms with Crippen LogP contribution in [0.15, 0.2) is 27.9 Å². The zero-order valence-corrected chi connectivity index (χ0v) is 23.4. The van der Waals surface area contributed by atoms with Crippen LogP contribution in [0.5, 0.6) is 5.75 Å². The molecule has 1 fully saturated rings. The standard InChI is InChI=1S/C25H34N6O7S/c1-5-8-22-26-16(4)23-25(32)27-24(28-30(22)23)19-15-18(9-10-21(19)37-7-3)39(35,36)29-13-11-17(12-14-29)20(6-2)38-31(33)34/h9-10,15,17,20H,5-8,11-14H2,1-4H3,(H,27,28,32). The Balaban J connectivity index is 1.69. The largest absolute Gasteiger partial charge is 0.493 e. The van der Waals surface area contributed by atoms with Gasteiger partial charge in [0.25, 0.3) is 10.6 Å². The molecule has 0 aliphatic carbocycles. The van der Waals surface area contributed by atoms with Crippen molar-refractivity contribution in [2.24, 2.45) is 5.92 Å². The first kappa shape index (κ1) is 28.5. The maximum atomic E-state index is 13.6. The number of imidazole rings is 1. The van der Waals surface area contributed by atoms with Gasteiger partial charge in [0.15, 0.2) is 11.3 Å². The van der Waals surface area contributed by atoms with Crippen LogP contribution in [-0.4, -0.2) is 63.2 Å². The van der Waals surface area contributed by atoms with Gasteiger partial charge in [-0.2, -0.15) is 4.31 Å². The van der Waals surface area contributed by atoms with Crippen molar-refractivity contribution >= 4 is 15.5 Å². The molecule has 1 atom stereocenters. The smallest absolute Gasteiger partial charge is 0.294 e. The van der Waals surface area contributed by atoms with Gasteiger partial charge in [0, 0.05) is 19.5 Å². The molecule has 39 heavy (non-hydrogen) atoms. The molecule has 1 aliphatic rings. The number of aromatic nitrogens is 4. The first-order chi connectivity index (χ1) is 18.6. The number of aryl methyl sites for hydroxylation is 2. The van der Waals surface area contributed by atoms with Gasteiger partial charge in [-0.1, -0.05) is 13.8 Å². The molecule has 0 amide bonds. The van der Waals surface area contributed by atoms with Crippen LogP contribution in [0.1, 0.15) is 58.0 Å². The average molecular weight is 563 g/mol. The fourth-order valence-electron chi connectivity index (χ4n) is 5.12. The van der Waals surface area contributed by atoms with Crippen LogP contribution in [-0.2, 0) is 21.3 Å². The molecule has 0 radical (unpaired) electrons. The number of hydrogen-bond donors (Lipinski definition) is 1. The van der Waals surface area contributed by atoms with Gasteiger partial charge in [0.1, 0.15) is 17.7 Å². The van der Waals surface area contributed by atoms with E-state index < -0.39 is 21.2 Å². The number of H-pyrrole nitrogens is 1. The number of piperidine rings is 1. The van der Waals surface area contributed by atoms with Gasteiger partial charge in [-0.25, -0.2) is 17.9 Å². The maximum absolute atomic E-state index is 13.6. The summed E-state index contributed by atoms with van der Waals surface area (Å²) >= 11 is 0. The van der Waals surface area contributed by atoms with Crippen molar-refractivity contribution in [3.05, 3.63) is 50.2 Å². The van der Waals surface area contributed by atoms with Crippen LogP contribution in [0.2, 0.25) is 0 Å². The number of hydrogen-bond acceptors (Lipinski definition) is 9. The number of benzene rings is 1. The Morgan fingerprint density at radius 3 is 2.56 bits per heavy atom. The molecule has 1 unspecified atom stereocenters. The van der Waals surface area contributed by atoms with E-state index in [9.17, 15) is 23.3 Å². The SMILES string of the molecule is CCCc1nc(C)c2c(=O)[nH]c(-c3cc(S(=O)(=O)N4CCC(C(CC)O[N+](=O)[O-])CC4)ccc3OCC)nn12. The van der Waals surface area contributed by atoms with Crippen LogP contribution in [0.25, 0.3) is 16.9 Å². The first-order valence-electron chi connectivity index (χ1n) is 13.2. The molecule has 0 spiro atoms. The molecule has 4 rings (SSSR count). The fraction of sp³-hybridized carbons (Fsp3) is 0.560. The van der Waals surface area contributed by atoms with Crippen molar-refractivity contribution in [3.63, 3.8) is 0 Å². The summed E-state index contributed by atoms with van der Waals surface area (Å²) in [5, 5.41) is 14.7. The molecular formula is C25H34N6O7S. The van der Waals surface area contributed by atoms with E-state index in [1.807, 2.05) is 20.8 Å². The molecule has 1 saturated heterocycles. The molecule has 0 bridgehead atoms. The number of fused-ring (bicyclic) bond motifs is 1. The van der Waals surface area contributed by atoms with Crippen LogP contribution in [0.4, 0.5) is 0 Å². The number of sulfonamides is 1. The number of nitrogens with one attached hydrogen (secondary N) is 1. The Morgan fingerprint density at radius 1 is 1.23 bits per heavy atom. The van der Waals surface area contributed by atoms with E-state index in [4.69, 9.17) is 9.57 Å². The minimum Gasteiger partial charge on any atom is -0.493 e. The van der Waals surface area contributed by atoms with Gasteiger partial charge in [-0.05, 0) is 63.6 Å². The Bertz CT molecular complexity index is 1510. The summed E-state index contributed by atoms with van der Waals surface area (Å²) in [6, 6.07) is 4.50. The van der Waals surface area contributed by atoms with Crippen molar-refractivity contribution < 1.29 is 23.1 Å². The molecular weight excluding hydrogens is 528 g/mol. The third-order valence-corrected chi connectivity index (χ3v) is 8.90. The average Bonchev–Trinajstić information content (AvgIpc) is 3.23. The number of nitrogens with zero attached hydrogens (tertiary/aromatic N) is 5. The van der Waals surface area contributed by atoms with Crippen LogP contribution >= 0.6 is 0 Å². The lowest BCUT2D eigenvalue weighted by Gasteiger charge is -2.34. The molecule has 3 heterocycles. The summed E-state index contributed by atoms with van der Waals surface area (Å²) < 4.78 is 35.9. The fourth-order valence-corrected chi connectivity index (χ4v) is 6.62. The van der Waals surface area contributed by atoms with E-state index in [1.54, 1.807) is 13.0 Å². The Kier molecular flexibility index (Phi) is 8.54. The van der Waals surface area contributed by atoms with Gasteiger partial charge in [-0.3, -0.25) is 4.79 Å². The van der Waals surface area contributed by atoms with E-state index in [-0.39, 0.29) is 35.3 Å². The van der Waals surface area contributed by atoms with E-state index in [2.05, 4.69) is 15.1 Å². The monoisotopic (exact) mass is 562 g/mol. The van der Waals surface area contributed by atoms with Gasteiger partial charge in [0.05, 0.1) is 22.8 Å². The van der Waals surface area contributed by atoms with Gasteiger partial charge in [-0.15, -0.1) is 15.2 Å². The van der Waals surface area contributed by atoms with E-state index in [0.29, 0.717) is 60.6 Å². The van der Waals surface area contributed by atoms with Crippen molar-refractivity contribution in [3.8, 4) is 17.1 Å². The Morgan fingerprint density at radius 2 is 1.95 bits per heavy atom. The molecule has 3 aromatic rings. The topological polar surface area (TPSA) is 162 Å². The molecule has 0 saturated carbocycles. The lowest BCUT2D eigenvalue weighted by molar-refractivity contribution is -0.770. The van der Waals surface area contributed by atoms with Gasteiger partial charge in [0.2, 0.25) is 10.0 Å². The summed E-state index contributed by atoms with van der Waals surface area (Å²) in [7, 11) is -3.90. The predicted octanol–water partition coefficient (Wildman–Crippen LogP) is 3.13. The molecule has 1 aliphatic heterocycles. The van der Waals surface area contributed by atoms with Crippen molar-refractivity contribution in [2.75, 3.05) is 19.7 Å². The highest BCUT2D eigenvalue weighted by Crippen LogP contribution is 2.33. The van der Waals surface area contributed by atoms with Crippen LogP contribution < -0.4 is 10.3 Å². The van der Waals surface area contributed by atoms with E-state index in [0.717, 1.165) is 6.42 Å². The first-order valence-corrected chi connectivity index (χ1v) is 14.6. The van der Waals surface area contributed by atoms with Crippen molar-refractivity contribution in [1.82, 2.24) is 23.9 Å². The number of ether oxygens (including phenoxy) is 1. The number of rotatable bonds is 11. The van der Waals surface area contributed by atoms with Gasteiger partial charge < -0.3 is 14.6 Å². The maximum Gasteiger partial charge on any atom is 0.294 e. The van der Waals surface area contributed by atoms with Crippen LogP contribution in [0.3, 0.4) is 0 Å². The van der Waals surface area contributed by atoms with Crippen molar-refractivity contribution in [1.29, 1.82) is 0 Å². The van der Waals surface area contributed by atoms with Gasteiger partial charge >= 0.3 is 0 Å². The second kappa shape index (κ2) is 11.7. The summed E-state index contributed by atoms with van der Waals surface area (Å²) in [4.78, 5) is 35.9. The molecule has 212 valence electrons. The second-order valence-electron chi connectivity index (χ2n) is 9.53. The number of aromatic amines is 1. The molecule has 1 aromatic carbocycles. The second-order valence-corrected chi connectivity index (χ2v) is 11.5. The quantitative estimate of drug-likeness (QED) is 0.273. The minimum absolute atomic E-state index is 0.0336. The molecule has 14 heteroatoms. The summed E-state index contributed by atoms with van der Waals surface area (Å²) in [6.07, 6.45) is 2.23. The highest BCUT2D eigenvalue weighted by Gasteiger charge is 2.34. The van der Waals surface area contributed by atoms with Crippen LogP contribution in [0, 0.1) is 23.0 Å². The van der Waals surface area contributed by atoms with E-state index >= 15 is 0 Å². The normalized spacial score (nSPS) is 15.9. The molecule has 13 nitrogen and oxygen atoms in total. The Labute approximate surface area is 226 Å². The zero-order valence-electron chi connectivity index (χ0n) is 22.5. The predicted molar refractivity (Wildman–Crippen MR) is 143 cm³/mol. The third-order valence-electron chi connectivity index (χ3n) is 7.01. The summed E-state index contributed by atoms with van der Waals surface area (Å²) in [5.41, 5.74) is 0.870. The lowest BCUT2D eigenvalue weighted by atomic mass is 9.91. The Hall–Kier alpha value is -3.52. The van der Waals surface area contributed by atoms with Crippen molar-refractivity contribution in [2.45, 2.75) is 70.8 Å². The van der Waals surface area contributed by atoms with E-state index in [1.165, 1.54) is 21.0 Å². The lowest BCUT2D eigenvalue weighted by Crippen LogP contribution is -2.42. The molecule has 2 aromatic heterocycles. The summed E-state index contributed by atoms with van der Waals surface area (Å²) in [6.45, 7) is 8.13. The summed E-state index contributed by atoms with van der Waals surface area (Å²) in [5.74, 6) is 1.09. The zero-order chi connectivity index (χ0) is 28.3. The minimum atomic E-state index is -3.90. The third kappa shape index (κ3) is 5.76. The highest BCUT2D eigenvalue weighted by molar-refractivity contribution is 7.89. The highest BCUT2D eigenvalue weighted by atomic mass is 32.2. The molecule has 1 N–H and O–H groups in total.